The third kappa shape index (κ3) is 2.06. The number of fused-ring (bicyclic) bond motifs is 1. The van der Waals surface area contributed by atoms with Gasteiger partial charge in [-0.25, -0.2) is 4.52 Å². The molecule has 1 atom stereocenters. The summed E-state index contributed by atoms with van der Waals surface area (Å²) < 4.78 is 3.64. The van der Waals surface area contributed by atoms with Crippen LogP contribution in [0.3, 0.4) is 0 Å². The molecule has 3 aromatic rings. The lowest BCUT2D eigenvalue weighted by atomic mass is 10.0. The first kappa shape index (κ1) is 13.8. The molecule has 0 radical (unpaired) electrons. The van der Waals surface area contributed by atoms with E-state index in [1.807, 2.05) is 41.1 Å². The van der Waals surface area contributed by atoms with E-state index in [9.17, 15) is 4.79 Å². The van der Waals surface area contributed by atoms with Gasteiger partial charge in [0.15, 0.2) is 0 Å². The third-order valence-electron chi connectivity index (χ3n) is 5.25. The molecule has 1 saturated carbocycles. The molecule has 1 amide bonds. The molecule has 6 heteroatoms. The van der Waals surface area contributed by atoms with Crippen LogP contribution >= 0.6 is 0 Å². The van der Waals surface area contributed by atoms with Gasteiger partial charge < -0.3 is 4.90 Å². The quantitative estimate of drug-likeness (QED) is 0.745. The Morgan fingerprint density at radius 3 is 2.75 bits per heavy atom. The summed E-state index contributed by atoms with van der Waals surface area (Å²) in [5.41, 5.74) is 4.06. The Morgan fingerprint density at radius 2 is 2.00 bits per heavy atom. The molecule has 24 heavy (non-hydrogen) atoms. The second-order valence-electron chi connectivity index (χ2n) is 6.90. The molecule has 6 nitrogen and oxygen atoms in total. The molecule has 1 saturated heterocycles. The zero-order valence-electron chi connectivity index (χ0n) is 13.6. The van der Waals surface area contributed by atoms with E-state index < -0.39 is 0 Å². The van der Waals surface area contributed by atoms with E-state index in [2.05, 4.69) is 16.3 Å². The highest BCUT2D eigenvalue weighted by Gasteiger charge is 2.42. The average molecular weight is 321 g/mol. The number of rotatable bonds is 3. The second kappa shape index (κ2) is 4.93. The van der Waals surface area contributed by atoms with Crippen molar-refractivity contribution in [3.63, 3.8) is 0 Å². The second-order valence-corrected chi connectivity index (χ2v) is 6.90. The molecule has 4 heterocycles. The Hall–Kier alpha value is -2.63. The van der Waals surface area contributed by atoms with Crippen molar-refractivity contribution in [3.05, 3.63) is 36.9 Å². The largest absolute Gasteiger partial charge is 0.310 e. The van der Waals surface area contributed by atoms with Crippen LogP contribution in [0.5, 0.6) is 0 Å². The number of nitrogens with zero attached hydrogens (tertiary/aromatic N) is 5. The average Bonchev–Trinajstić information content (AvgIpc) is 3.00. The molecule has 0 N–H and O–H groups in total. The molecule has 2 fully saturated rings. The Bertz CT molecular complexity index is 936. The lowest BCUT2D eigenvalue weighted by Gasteiger charge is -2.17. The Kier molecular flexibility index (Phi) is 2.83. The van der Waals surface area contributed by atoms with E-state index in [0.717, 1.165) is 35.3 Å². The number of hydrogen-bond donors (Lipinski definition) is 0. The predicted octanol–water partition coefficient (Wildman–Crippen LogP) is 2.50. The van der Waals surface area contributed by atoms with Gasteiger partial charge in [0.1, 0.15) is 0 Å². The minimum Gasteiger partial charge on any atom is -0.310 e. The molecule has 1 aliphatic heterocycles. The van der Waals surface area contributed by atoms with Crippen molar-refractivity contribution in [1.29, 1.82) is 0 Å². The van der Waals surface area contributed by atoms with E-state index in [1.54, 1.807) is 10.9 Å². The summed E-state index contributed by atoms with van der Waals surface area (Å²) in [4.78, 5) is 14.7. The topological polar surface area (TPSA) is 55.4 Å². The Balaban J connectivity index is 1.56. The highest BCUT2D eigenvalue weighted by atomic mass is 16.2. The first-order valence-electron chi connectivity index (χ1n) is 8.48. The van der Waals surface area contributed by atoms with Crippen molar-refractivity contribution in [2.24, 2.45) is 18.9 Å². The third-order valence-corrected chi connectivity index (χ3v) is 5.25. The zero-order valence-corrected chi connectivity index (χ0v) is 13.6. The number of carbonyl (C=O) groups is 1. The van der Waals surface area contributed by atoms with Crippen LogP contribution in [0.25, 0.3) is 16.6 Å². The van der Waals surface area contributed by atoms with Crippen LogP contribution in [0.1, 0.15) is 19.3 Å². The van der Waals surface area contributed by atoms with Crippen molar-refractivity contribution in [1.82, 2.24) is 19.4 Å². The molecular weight excluding hydrogens is 302 g/mol. The number of hydrogen-bond acceptors (Lipinski definition) is 3. The fraction of sp³-hybridized carbons (Fsp3) is 0.389. The van der Waals surface area contributed by atoms with E-state index in [1.165, 1.54) is 12.8 Å². The first-order valence-corrected chi connectivity index (χ1v) is 8.48. The molecule has 2 aliphatic rings. The Morgan fingerprint density at radius 1 is 1.12 bits per heavy atom. The number of carbonyl (C=O) groups excluding carboxylic acids is 1. The number of amides is 1. The van der Waals surface area contributed by atoms with Crippen LogP contribution in [0.15, 0.2) is 36.9 Å². The maximum Gasteiger partial charge on any atom is 0.230 e. The molecule has 122 valence electrons. The molecule has 0 aromatic carbocycles. The lowest BCUT2D eigenvalue weighted by molar-refractivity contribution is -0.120. The van der Waals surface area contributed by atoms with Gasteiger partial charge in [-0.05, 0) is 37.3 Å². The SMILES string of the molecule is Cn1cc(-c2cc3c(N4CC[C@H](C5CC5)C4=O)ccnn3c2)cn1. The summed E-state index contributed by atoms with van der Waals surface area (Å²) in [6.45, 7) is 0.813. The highest BCUT2D eigenvalue weighted by molar-refractivity contribution is 6.01. The first-order chi connectivity index (χ1) is 11.7. The summed E-state index contributed by atoms with van der Waals surface area (Å²) in [5.74, 6) is 1.14. The number of aryl methyl sites for hydroxylation is 1. The normalized spacial score (nSPS) is 21.1. The van der Waals surface area contributed by atoms with Crippen molar-refractivity contribution in [2.75, 3.05) is 11.4 Å². The smallest absolute Gasteiger partial charge is 0.230 e. The number of aromatic nitrogens is 4. The molecular formula is C18H19N5O. The monoisotopic (exact) mass is 321 g/mol. The van der Waals surface area contributed by atoms with E-state index in [4.69, 9.17) is 0 Å². The van der Waals surface area contributed by atoms with Crippen molar-refractivity contribution >= 4 is 17.1 Å². The van der Waals surface area contributed by atoms with Crippen molar-refractivity contribution in [2.45, 2.75) is 19.3 Å². The number of anilines is 1. The predicted molar refractivity (Wildman–Crippen MR) is 90.6 cm³/mol. The minimum absolute atomic E-state index is 0.228. The lowest BCUT2D eigenvalue weighted by Crippen LogP contribution is -2.28. The Labute approximate surface area is 139 Å². The van der Waals surface area contributed by atoms with Crippen LogP contribution < -0.4 is 4.90 Å². The summed E-state index contributed by atoms with van der Waals surface area (Å²) >= 11 is 0. The molecule has 0 bridgehead atoms. The van der Waals surface area contributed by atoms with Gasteiger partial charge in [0.05, 0.1) is 17.4 Å². The van der Waals surface area contributed by atoms with Gasteiger partial charge >= 0.3 is 0 Å². The van der Waals surface area contributed by atoms with E-state index in [0.29, 0.717) is 5.92 Å². The molecule has 3 aromatic heterocycles. The fourth-order valence-corrected chi connectivity index (χ4v) is 3.83. The van der Waals surface area contributed by atoms with Crippen LogP contribution in [0.4, 0.5) is 5.69 Å². The fourth-order valence-electron chi connectivity index (χ4n) is 3.83. The van der Waals surface area contributed by atoms with Gasteiger partial charge in [-0.3, -0.25) is 9.48 Å². The summed E-state index contributed by atoms with van der Waals surface area (Å²) in [6.07, 6.45) is 11.0. The standard InChI is InChI=1S/C18H19N5O/c1-21-10-14(9-20-21)13-8-17-16(4-6-19-23(17)11-13)22-7-5-15(18(22)24)12-2-3-12/h4,6,8-12,15H,2-3,5,7H2,1H3/t15-/m1/s1. The summed E-state index contributed by atoms with van der Waals surface area (Å²) in [6, 6.07) is 4.05. The van der Waals surface area contributed by atoms with Gasteiger partial charge in [0.2, 0.25) is 5.91 Å². The molecule has 5 rings (SSSR count). The van der Waals surface area contributed by atoms with Gasteiger partial charge in [0.25, 0.3) is 0 Å². The summed E-state index contributed by atoms with van der Waals surface area (Å²) in [7, 11) is 1.91. The highest BCUT2D eigenvalue weighted by Crippen LogP contribution is 2.43. The van der Waals surface area contributed by atoms with Crippen LogP contribution in [0, 0.1) is 11.8 Å². The van der Waals surface area contributed by atoms with E-state index >= 15 is 0 Å². The maximum atomic E-state index is 12.8. The minimum atomic E-state index is 0.228. The zero-order chi connectivity index (χ0) is 16.3. The van der Waals surface area contributed by atoms with Gasteiger partial charge in [-0.2, -0.15) is 10.2 Å². The molecule has 0 unspecified atom stereocenters. The van der Waals surface area contributed by atoms with Gasteiger partial charge in [-0.1, -0.05) is 0 Å². The summed E-state index contributed by atoms with van der Waals surface area (Å²) in [5, 5.41) is 8.64. The van der Waals surface area contributed by atoms with Gasteiger partial charge in [0, 0.05) is 49.2 Å². The van der Waals surface area contributed by atoms with Crippen molar-refractivity contribution < 1.29 is 4.79 Å². The molecule has 1 aliphatic carbocycles. The van der Waals surface area contributed by atoms with Crippen LogP contribution in [0.2, 0.25) is 0 Å². The molecule has 0 spiro atoms. The van der Waals surface area contributed by atoms with Crippen molar-refractivity contribution in [3.8, 4) is 11.1 Å². The van der Waals surface area contributed by atoms with Gasteiger partial charge in [-0.15, -0.1) is 0 Å². The van der Waals surface area contributed by atoms with Crippen LogP contribution in [-0.4, -0.2) is 31.8 Å². The van der Waals surface area contributed by atoms with E-state index in [-0.39, 0.29) is 11.8 Å². The van der Waals surface area contributed by atoms with Crippen LogP contribution in [-0.2, 0) is 11.8 Å². The maximum absolute atomic E-state index is 12.8.